The van der Waals surface area contributed by atoms with Crippen LogP contribution in [0.15, 0.2) is 18.2 Å². The molecule has 15 heavy (non-hydrogen) atoms. The van der Waals surface area contributed by atoms with E-state index in [0.717, 1.165) is 6.42 Å². The molecular weight excluding hydrogens is 186 g/mol. The third-order valence-corrected chi connectivity index (χ3v) is 3.18. The molecule has 1 aromatic rings. The highest BCUT2D eigenvalue weighted by Crippen LogP contribution is 2.34. The third kappa shape index (κ3) is 1.74. The van der Waals surface area contributed by atoms with Crippen LogP contribution < -0.4 is 4.90 Å². The molecule has 0 saturated carbocycles. The predicted octanol–water partition coefficient (Wildman–Crippen LogP) is 2.29. The van der Waals surface area contributed by atoms with Crippen LogP contribution >= 0.6 is 0 Å². The largest absolute Gasteiger partial charge is 0.373 e. The minimum atomic E-state index is -0.352. The van der Waals surface area contributed by atoms with Gasteiger partial charge in [0, 0.05) is 19.2 Å². The number of hydrogen-bond donors (Lipinski definition) is 1. The van der Waals surface area contributed by atoms with E-state index in [2.05, 4.69) is 39.0 Å². The molecule has 0 bridgehead atoms. The second-order valence-corrected chi connectivity index (χ2v) is 5.39. The molecule has 0 amide bonds. The number of likely N-dealkylation sites (N-methyl/N-ethyl adjacent to an activating group) is 1. The van der Waals surface area contributed by atoms with Crippen LogP contribution in [-0.4, -0.2) is 18.4 Å². The molecule has 0 fully saturated rings. The summed E-state index contributed by atoms with van der Waals surface area (Å²) in [5, 5.41) is 9.74. The SMILES string of the molecule is CN1c2cc(C(C)(C)C)ccc2CC1O. The minimum absolute atomic E-state index is 0.170. The lowest BCUT2D eigenvalue weighted by atomic mass is 9.86. The summed E-state index contributed by atoms with van der Waals surface area (Å²) >= 11 is 0. The molecular formula is C13H19NO. The van der Waals surface area contributed by atoms with Gasteiger partial charge in [-0.05, 0) is 22.6 Å². The van der Waals surface area contributed by atoms with Crippen molar-refractivity contribution in [3.05, 3.63) is 29.3 Å². The van der Waals surface area contributed by atoms with Crippen LogP contribution in [0.25, 0.3) is 0 Å². The van der Waals surface area contributed by atoms with Crippen molar-refractivity contribution in [1.82, 2.24) is 0 Å². The summed E-state index contributed by atoms with van der Waals surface area (Å²) in [5.41, 5.74) is 3.92. The van der Waals surface area contributed by atoms with Crippen molar-refractivity contribution < 1.29 is 5.11 Å². The Balaban J connectivity index is 2.44. The summed E-state index contributed by atoms with van der Waals surface area (Å²) in [6.45, 7) is 6.63. The molecule has 1 atom stereocenters. The Morgan fingerprint density at radius 1 is 1.33 bits per heavy atom. The molecule has 0 aromatic heterocycles. The number of rotatable bonds is 0. The highest BCUT2D eigenvalue weighted by molar-refractivity contribution is 5.60. The number of anilines is 1. The van der Waals surface area contributed by atoms with Gasteiger partial charge in [-0.3, -0.25) is 0 Å². The molecule has 1 aliphatic heterocycles. The number of fused-ring (bicyclic) bond motifs is 1. The second kappa shape index (κ2) is 3.24. The van der Waals surface area contributed by atoms with Crippen molar-refractivity contribution in [1.29, 1.82) is 0 Å². The molecule has 1 unspecified atom stereocenters. The first-order valence-corrected chi connectivity index (χ1v) is 5.44. The first kappa shape index (κ1) is 10.5. The maximum atomic E-state index is 9.74. The van der Waals surface area contributed by atoms with Crippen LogP contribution in [0.2, 0.25) is 0 Å². The molecule has 1 aromatic carbocycles. The Kier molecular flexibility index (Phi) is 2.27. The zero-order valence-electron chi connectivity index (χ0n) is 9.91. The van der Waals surface area contributed by atoms with Crippen LogP contribution in [0, 0.1) is 0 Å². The standard InChI is InChI=1S/C13H19NO/c1-13(2,3)10-6-5-9-7-12(15)14(4)11(9)8-10/h5-6,8,12,15H,7H2,1-4H3. The fourth-order valence-electron chi connectivity index (χ4n) is 2.03. The van der Waals surface area contributed by atoms with Gasteiger partial charge in [0.15, 0.2) is 0 Å². The van der Waals surface area contributed by atoms with Gasteiger partial charge >= 0.3 is 0 Å². The monoisotopic (exact) mass is 205 g/mol. The van der Waals surface area contributed by atoms with Crippen molar-refractivity contribution in [3.8, 4) is 0 Å². The van der Waals surface area contributed by atoms with Crippen LogP contribution in [0.5, 0.6) is 0 Å². The van der Waals surface area contributed by atoms with Crippen molar-refractivity contribution in [2.24, 2.45) is 0 Å². The van der Waals surface area contributed by atoms with Gasteiger partial charge in [-0.2, -0.15) is 0 Å². The summed E-state index contributed by atoms with van der Waals surface area (Å²) in [5.74, 6) is 0. The number of benzene rings is 1. The lowest BCUT2D eigenvalue weighted by molar-refractivity contribution is 0.185. The zero-order valence-corrected chi connectivity index (χ0v) is 9.91. The van der Waals surface area contributed by atoms with Gasteiger partial charge in [-0.1, -0.05) is 32.9 Å². The van der Waals surface area contributed by atoms with Gasteiger partial charge in [0.2, 0.25) is 0 Å². The molecule has 0 spiro atoms. The molecule has 2 nitrogen and oxygen atoms in total. The number of aliphatic hydroxyl groups excluding tert-OH is 1. The zero-order chi connectivity index (χ0) is 11.2. The fraction of sp³-hybridized carbons (Fsp3) is 0.538. The van der Waals surface area contributed by atoms with Gasteiger partial charge in [0.1, 0.15) is 6.23 Å². The topological polar surface area (TPSA) is 23.5 Å². The van der Waals surface area contributed by atoms with E-state index in [1.807, 2.05) is 11.9 Å². The molecule has 1 N–H and O–H groups in total. The van der Waals surface area contributed by atoms with E-state index in [1.165, 1.54) is 16.8 Å². The van der Waals surface area contributed by atoms with Crippen LogP contribution in [0.3, 0.4) is 0 Å². The predicted molar refractivity (Wildman–Crippen MR) is 63.3 cm³/mol. The third-order valence-electron chi connectivity index (χ3n) is 3.18. The molecule has 2 rings (SSSR count). The molecule has 1 aliphatic rings. The maximum Gasteiger partial charge on any atom is 0.130 e. The van der Waals surface area contributed by atoms with E-state index in [9.17, 15) is 5.11 Å². The van der Waals surface area contributed by atoms with E-state index in [4.69, 9.17) is 0 Å². The summed E-state index contributed by atoms with van der Waals surface area (Å²) in [7, 11) is 1.95. The highest BCUT2D eigenvalue weighted by Gasteiger charge is 2.26. The van der Waals surface area contributed by atoms with Crippen LogP contribution in [-0.2, 0) is 11.8 Å². The van der Waals surface area contributed by atoms with Crippen LogP contribution in [0.1, 0.15) is 31.9 Å². The van der Waals surface area contributed by atoms with Gasteiger partial charge in [-0.25, -0.2) is 0 Å². The van der Waals surface area contributed by atoms with Crippen molar-refractivity contribution >= 4 is 5.69 Å². The van der Waals surface area contributed by atoms with E-state index < -0.39 is 0 Å². The van der Waals surface area contributed by atoms with E-state index in [0.29, 0.717) is 0 Å². The minimum Gasteiger partial charge on any atom is -0.373 e. The first-order chi connectivity index (χ1) is 6.89. The molecule has 82 valence electrons. The van der Waals surface area contributed by atoms with Gasteiger partial charge in [0.25, 0.3) is 0 Å². The van der Waals surface area contributed by atoms with Crippen LogP contribution in [0.4, 0.5) is 5.69 Å². The van der Waals surface area contributed by atoms with Gasteiger partial charge < -0.3 is 10.0 Å². The van der Waals surface area contributed by atoms with Crippen molar-refractivity contribution in [2.75, 3.05) is 11.9 Å². The average molecular weight is 205 g/mol. The summed E-state index contributed by atoms with van der Waals surface area (Å²) in [6.07, 6.45) is 0.395. The number of hydrogen-bond acceptors (Lipinski definition) is 2. The Labute approximate surface area is 91.5 Å². The van der Waals surface area contributed by atoms with E-state index in [1.54, 1.807) is 0 Å². The normalized spacial score (nSPS) is 20.6. The maximum absolute atomic E-state index is 9.74. The van der Waals surface area contributed by atoms with E-state index in [-0.39, 0.29) is 11.6 Å². The summed E-state index contributed by atoms with van der Waals surface area (Å²) in [4.78, 5) is 1.95. The number of nitrogens with zero attached hydrogens (tertiary/aromatic N) is 1. The molecule has 0 radical (unpaired) electrons. The summed E-state index contributed by atoms with van der Waals surface area (Å²) in [6, 6.07) is 6.51. The quantitative estimate of drug-likeness (QED) is 0.702. The summed E-state index contributed by atoms with van der Waals surface area (Å²) < 4.78 is 0. The smallest absolute Gasteiger partial charge is 0.130 e. The molecule has 1 heterocycles. The van der Waals surface area contributed by atoms with E-state index >= 15 is 0 Å². The lowest BCUT2D eigenvalue weighted by Gasteiger charge is -2.22. The second-order valence-electron chi connectivity index (χ2n) is 5.39. The highest BCUT2D eigenvalue weighted by atomic mass is 16.3. The fourth-order valence-corrected chi connectivity index (χ4v) is 2.03. The average Bonchev–Trinajstić information content (AvgIpc) is 2.41. The Morgan fingerprint density at radius 3 is 2.60 bits per heavy atom. The first-order valence-electron chi connectivity index (χ1n) is 5.44. The van der Waals surface area contributed by atoms with Crippen molar-refractivity contribution in [3.63, 3.8) is 0 Å². The van der Waals surface area contributed by atoms with Gasteiger partial charge in [-0.15, -0.1) is 0 Å². The Bertz CT molecular complexity index is 379. The Morgan fingerprint density at radius 2 is 2.00 bits per heavy atom. The molecule has 2 heteroatoms. The molecule has 0 saturated heterocycles. The van der Waals surface area contributed by atoms with Gasteiger partial charge in [0.05, 0.1) is 0 Å². The van der Waals surface area contributed by atoms with Crippen molar-refractivity contribution in [2.45, 2.75) is 38.8 Å². The number of aliphatic hydroxyl groups is 1. The molecule has 0 aliphatic carbocycles. The Hall–Kier alpha value is -1.02. The lowest BCUT2D eigenvalue weighted by Crippen LogP contribution is -2.26.